The molecule has 1 aromatic rings. The number of carbonyl (C=O) groups excluding carboxylic acids is 1. The second kappa shape index (κ2) is 3.96. The summed E-state index contributed by atoms with van der Waals surface area (Å²) in [5.74, 6) is -1.47. The van der Waals surface area contributed by atoms with Gasteiger partial charge in [0.2, 0.25) is 5.91 Å². The molecule has 1 N–H and O–H groups in total. The lowest BCUT2D eigenvalue weighted by molar-refractivity contribution is -0.140. The van der Waals surface area contributed by atoms with Crippen LogP contribution in [0.5, 0.6) is 0 Å². The van der Waals surface area contributed by atoms with Crippen LogP contribution in [0.15, 0.2) is 24.3 Å². The molecule has 1 aliphatic heterocycles. The Morgan fingerprint density at radius 2 is 2.19 bits per heavy atom. The van der Waals surface area contributed by atoms with Crippen LogP contribution in [0.4, 0.5) is 5.69 Å². The monoisotopic (exact) mass is 219 g/mol. The van der Waals surface area contributed by atoms with Crippen molar-refractivity contribution in [2.75, 3.05) is 11.9 Å². The third-order valence-electron chi connectivity index (χ3n) is 2.92. The minimum atomic E-state index is -0.925. The average molecular weight is 219 g/mol. The van der Waals surface area contributed by atoms with Crippen molar-refractivity contribution in [1.82, 2.24) is 0 Å². The molecule has 1 unspecified atom stereocenters. The van der Waals surface area contributed by atoms with E-state index in [0.29, 0.717) is 6.42 Å². The number of hydrogen-bond donors (Lipinski definition) is 1. The standard InChI is InChI=1S/C12H13NO3/c1-13-10-5-3-2-4-8(10)6-9(12(13)16)7-11(14)15/h2-5,9H,6-7H2,1H3,(H,14,15). The van der Waals surface area contributed by atoms with E-state index in [4.69, 9.17) is 5.11 Å². The van der Waals surface area contributed by atoms with E-state index in [1.807, 2.05) is 24.3 Å². The summed E-state index contributed by atoms with van der Waals surface area (Å²) >= 11 is 0. The zero-order valence-electron chi connectivity index (χ0n) is 9.01. The van der Waals surface area contributed by atoms with Crippen LogP contribution in [0.1, 0.15) is 12.0 Å². The van der Waals surface area contributed by atoms with E-state index in [-0.39, 0.29) is 12.3 Å². The van der Waals surface area contributed by atoms with Crippen molar-refractivity contribution in [3.63, 3.8) is 0 Å². The van der Waals surface area contributed by atoms with Gasteiger partial charge in [0.05, 0.1) is 12.3 Å². The fourth-order valence-corrected chi connectivity index (χ4v) is 2.13. The summed E-state index contributed by atoms with van der Waals surface area (Å²) in [6.07, 6.45) is 0.420. The van der Waals surface area contributed by atoms with Crippen LogP contribution in [0.3, 0.4) is 0 Å². The van der Waals surface area contributed by atoms with Crippen LogP contribution in [0.25, 0.3) is 0 Å². The highest BCUT2D eigenvalue weighted by Crippen LogP contribution is 2.30. The number of hydrogen-bond acceptors (Lipinski definition) is 2. The van der Waals surface area contributed by atoms with Crippen LogP contribution < -0.4 is 4.90 Å². The molecule has 0 saturated carbocycles. The molecule has 0 aromatic heterocycles. The van der Waals surface area contributed by atoms with E-state index in [0.717, 1.165) is 11.3 Å². The summed E-state index contributed by atoms with van der Waals surface area (Å²) in [4.78, 5) is 24.1. The van der Waals surface area contributed by atoms with E-state index < -0.39 is 11.9 Å². The van der Waals surface area contributed by atoms with Crippen molar-refractivity contribution in [1.29, 1.82) is 0 Å². The number of carboxylic acids is 1. The predicted octanol–water partition coefficient (Wildman–Crippen LogP) is 1.30. The number of anilines is 1. The van der Waals surface area contributed by atoms with E-state index in [1.165, 1.54) is 0 Å². The molecule has 4 nitrogen and oxygen atoms in total. The van der Waals surface area contributed by atoms with Crippen molar-refractivity contribution in [3.8, 4) is 0 Å². The second-order valence-electron chi connectivity index (χ2n) is 4.02. The molecule has 1 aliphatic rings. The first-order valence-corrected chi connectivity index (χ1v) is 5.17. The number of para-hydroxylation sites is 1. The Hall–Kier alpha value is -1.84. The molecule has 4 heteroatoms. The van der Waals surface area contributed by atoms with Gasteiger partial charge in [0.1, 0.15) is 0 Å². The lowest BCUT2D eigenvalue weighted by atomic mass is 9.90. The zero-order valence-corrected chi connectivity index (χ0v) is 9.01. The molecule has 1 atom stereocenters. The molecule has 0 saturated heterocycles. The minimum absolute atomic E-state index is 0.0997. The first-order chi connectivity index (χ1) is 7.59. The molecule has 1 amide bonds. The number of aliphatic carboxylic acids is 1. The summed E-state index contributed by atoms with van der Waals surface area (Å²) in [5, 5.41) is 8.75. The third-order valence-corrected chi connectivity index (χ3v) is 2.92. The molecule has 84 valence electrons. The van der Waals surface area contributed by atoms with Gasteiger partial charge in [-0.15, -0.1) is 0 Å². The van der Waals surface area contributed by atoms with Crippen molar-refractivity contribution < 1.29 is 14.7 Å². The number of benzene rings is 1. The number of rotatable bonds is 2. The van der Waals surface area contributed by atoms with Crippen LogP contribution in [-0.4, -0.2) is 24.0 Å². The van der Waals surface area contributed by atoms with Gasteiger partial charge in [-0.05, 0) is 18.1 Å². The van der Waals surface area contributed by atoms with E-state index in [2.05, 4.69) is 0 Å². The summed E-state index contributed by atoms with van der Waals surface area (Å²) < 4.78 is 0. The van der Waals surface area contributed by atoms with Gasteiger partial charge in [-0.3, -0.25) is 9.59 Å². The highest BCUT2D eigenvalue weighted by atomic mass is 16.4. The molecule has 0 radical (unpaired) electrons. The van der Waals surface area contributed by atoms with Gasteiger partial charge in [-0.2, -0.15) is 0 Å². The molecular weight excluding hydrogens is 206 g/mol. The topological polar surface area (TPSA) is 57.6 Å². The maximum absolute atomic E-state index is 11.9. The summed E-state index contributed by atoms with van der Waals surface area (Å²) in [6.45, 7) is 0. The third kappa shape index (κ3) is 1.78. The smallest absolute Gasteiger partial charge is 0.304 e. The normalized spacial score (nSPS) is 19.4. The Balaban J connectivity index is 2.32. The highest BCUT2D eigenvalue weighted by molar-refractivity contribution is 5.99. The molecular formula is C12H13NO3. The second-order valence-corrected chi connectivity index (χ2v) is 4.02. The van der Waals surface area contributed by atoms with Gasteiger partial charge in [0, 0.05) is 12.7 Å². The molecule has 16 heavy (non-hydrogen) atoms. The maximum atomic E-state index is 11.9. The summed E-state index contributed by atoms with van der Waals surface area (Å²) in [5.41, 5.74) is 1.92. The van der Waals surface area contributed by atoms with Crippen LogP contribution >= 0.6 is 0 Å². The lowest BCUT2D eigenvalue weighted by Gasteiger charge is -2.30. The molecule has 0 aliphatic carbocycles. The van der Waals surface area contributed by atoms with Gasteiger partial charge in [-0.25, -0.2) is 0 Å². The summed E-state index contributed by atoms with van der Waals surface area (Å²) in [6, 6.07) is 7.60. The van der Waals surface area contributed by atoms with Crippen LogP contribution in [0.2, 0.25) is 0 Å². The van der Waals surface area contributed by atoms with Gasteiger partial charge in [0.25, 0.3) is 0 Å². The van der Waals surface area contributed by atoms with Crippen LogP contribution in [0, 0.1) is 5.92 Å². The first-order valence-electron chi connectivity index (χ1n) is 5.17. The fourth-order valence-electron chi connectivity index (χ4n) is 2.13. The van der Waals surface area contributed by atoms with Gasteiger partial charge >= 0.3 is 5.97 Å². The molecule has 0 bridgehead atoms. The zero-order chi connectivity index (χ0) is 11.7. The maximum Gasteiger partial charge on any atom is 0.304 e. The van der Waals surface area contributed by atoms with Crippen molar-refractivity contribution in [2.24, 2.45) is 5.92 Å². The van der Waals surface area contributed by atoms with E-state index in [9.17, 15) is 9.59 Å². The Labute approximate surface area is 93.5 Å². The number of nitrogens with zero attached hydrogens (tertiary/aromatic N) is 1. The number of carboxylic acid groups (broad SMARTS) is 1. The predicted molar refractivity (Wildman–Crippen MR) is 59.3 cm³/mol. The van der Waals surface area contributed by atoms with E-state index in [1.54, 1.807) is 11.9 Å². The Morgan fingerprint density at radius 1 is 1.50 bits per heavy atom. The largest absolute Gasteiger partial charge is 0.481 e. The number of amides is 1. The first kappa shape index (κ1) is 10.7. The van der Waals surface area contributed by atoms with Crippen molar-refractivity contribution in [3.05, 3.63) is 29.8 Å². The number of carbonyl (C=O) groups is 2. The van der Waals surface area contributed by atoms with Gasteiger partial charge in [0.15, 0.2) is 0 Å². The fraction of sp³-hybridized carbons (Fsp3) is 0.333. The highest BCUT2D eigenvalue weighted by Gasteiger charge is 2.31. The lowest BCUT2D eigenvalue weighted by Crippen LogP contribution is -2.39. The quantitative estimate of drug-likeness (QED) is 0.815. The molecule has 0 spiro atoms. The van der Waals surface area contributed by atoms with Crippen molar-refractivity contribution >= 4 is 17.6 Å². The van der Waals surface area contributed by atoms with E-state index >= 15 is 0 Å². The Bertz CT molecular complexity index is 442. The molecule has 1 heterocycles. The minimum Gasteiger partial charge on any atom is -0.481 e. The Kier molecular flexibility index (Phi) is 2.64. The number of fused-ring (bicyclic) bond motifs is 1. The van der Waals surface area contributed by atoms with Crippen LogP contribution in [-0.2, 0) is 16.0 Å². The average Bonchev–Trinajstić information content (AvgIpc) is 2.25. The Morgan fingerprint density at radius 3 is 2.88 bits per heavy atom. The van der Waals surface area contributed by atoms with Gasteiger partial charge in [-0.1, -0.05) is 18.2 Å². The molecule has 2 rings (SSSR count). The molecule has 0 fully saturated rings. The van der Waals surface area contributed by atoms with Crippen molar-refractivity contribution in [2.45, 2.75) is 12.8 Å². The summed E-state index contributed by atoms with van der Waals surface area (Å²) in [7, 11) is 1.69. The van der Waals surface area contributed by atoms with Gasteiger partial charge < -0.3 is 10.0 Å². The molecule has 1 aromatic carbocycles. The SMILES string of the molecule is CN1C(=O)C(CC(=O)O)Cc2ccccc21.